The molecule has 1 atom stereocenters. The van der Waals surface area contributed by atoms with Gasteiger partial charge in [0, 0.05) is 24.8 Å². The van der Waals surface area contributed by atoms with E-state index in [-0.39, 0.29) is 10.6 Å². The van der Waals surface area contributed by atoms with E-state index in [1.165, 1.54) is 12.8 Å². The van der Waals surface area contributed by atoms with Crippen LogP contribution in [-0.2, 0) is 0 Å². The number of nitro groups is 1. The predicted octanol–water partition coefficient (Wildman–Crippen LogP) is 2.70. The summed E-state index contributed by atoms with van der Waals surface area (Å²) in [5.74, 6) is 0. The van der Waals surface area contributed by atoms with Crippen molar-refractivity contribution in [3.05, 3.63) is 40.6 Å². The summed E-state index contributed by atoms with van der Waals surface area (Å²) in [4.78, 5) is 15.0. The van der Waals surface area contributed by atoms with Gasteiger partial charge in [0.15, 0.2) is 0 Å². The molecule has 1 aliphatic heterocycles. The zero-order chi connectivity index (χ0) is 14.7. The molecule has 1 aliphatic rings. The Labute approximate surface area is 122 Å². The minimum absolute atomic E-state index is 0.0982. The van der Waals surface area contributed by atoms with E-state index in [1.54, 1.807) is 30.5 Å². The Morgan fingerprint density at radius 2 is 2.33 bits per heavy atom. The van der Waals surface area contributed by atoms with Gasteiger partial charge in [-0.1, -0.05) is 0 Å². The van der Waals surface area contributed by atoms with E-state index >= 15 is 0 Å². The van der Waals surface area contributed by atoms with Crippen LogP contribution in [0.1, 0.15) is 19.3 Å². The van der Waals surface area contributed by atoms with Crippen molar-refractivity contribution < 1.29 is 4.92 Å². The van der Waals surface area contributed by atoms with Gasteiger partial charge in [0.2, 0.25) is 0 Å². The number of hydrogen-bond acceptors (Lipinski definition) is 5. The molecule has 0 unspecified atom stereocenters. The average Bonchev–Trinajstić information content (AvgIpc) is 3.00. The number of hydrogen-bond donors (Lipinski definition) is 2. The van der Waals surface area contributed by atoms with Crippen LogP contribution in [0, 0.1) is 10.1 Å². The molecule has 0 bridgehead atoms. The number of rotatable bonds is 5. The van der Waals surface area contributed by atoms with E-state index in [1.807, 2.05) is 0 Å². The number of pyridine rings is 1. The highest BCUT2D eigenvalue weighted by atomic mass is 16.6. The summed E-state index contributed by atoms with van der Waals surface area (Å²) in [5, 5.41) is 18.5. The Balaban J connectivity index is 1.79. The van der Waals surface area contributed by atoms with Crippen molar-refractivity contribution in [2.24, 2.45) is 0 Å². The first-order chi connectivity index (χ1) is 10.3. The van der Waals surface area contributed by atoms with Gasteiger partial charge in [-0.3, -0.25) is 15.1 Å². The molecule has 6 nitrogen and oxygen atoms in total. The van der Waals surface area contributed by atoms with Crippen molar-refractivity contribution in [1.29, 1.82) is 0 Å². The average molecular weight is 286 g/mol. The van der Waals surface area contributed by atoms with Crippen LogP contribution < -0.4 is 10.6 Å². The number of non-ortho nitro benzene ring substituents is 1. The molecule has 6 heteroatoms. The number of nitrogens with one attached hydrogen (secondary N) is 2. The molecule has 2 heterocycles. The third-order valence-electron chi connectivity index (χ3n) is 3.91. The van der Waals surface area contributed by atoms with Gasteiger partial charge >= 0.3 is 0 Å². The summed E-state index contributed by atoms with van der Waals surface area (Å²) in [6, 6.07) is 7.33. The van der Waals surface area contributed by atoms with Crippen LogP contribution in [0.15, 0.2) is 30.5 Å². The molecular weight excluding hydrogens is 268 g/mol. The van der Waals surface area contributed by atoms with Crippen LogP contribution in [0.5, 0.6) is 0 Å². The maximum atomic E-state index is 11.1. The van der Waals surface area contributed by atoms with Gasteiger partial charge in [-0.05, 0) is 44.0 Å². The van der Waals surface area contributed by atoms with E-state index < -0.39 is 0 Å². The summed E-state index contributed by atoms with van der Waals surface area (Å²) in [6.07, 6.45) is 5.18. The maximum absolute atomic E-state index is 11.1. The quantitative estimate of drug-likeness (QED) is 0.652. The minimum atomic E-state index is -0.365. The molecule has 1 saturated heterocycles. The topological polar surface area (TPSA) is 80.1 Å². The van der Waals surface area contributed by atoms with Crippen molar-refractivity contribution in [3.63, 3.8) is 0 Å². The molecule has 0 aliphatic carbocycles. The third kappa shape index (κ3) is 2.95. The summed E-state index contributed by atoms with van der Waals surface area (Å²) < 4.78 is 0. The molecule has 110 valence electrons. The van der Waals surface area contributed by atoms with E-state index in [2.05, 4.69) is 15.6 Å². The standard InChI is InChI=1S/C15H18N4O2/c20-19(21)14-6-5-13(15-12(14)4-2-9-18-15)17-10-7-11-3-1-8-16-11/h2,4-6,9,11,16-17H,1,3,7-8,10H2/t11-/m0/s1. The molecule has 21 heavy (non-hydrogen) atoms. The highest BCUT2D eigenvalue weighted by molar-refractivity contribution is 5.96. The summed E-state index contributed by atoms with van der Waals surface area (Å²) in [5.41, 5.74) is 1.61. The SMILES string of the molecule is O=[N+]([O-])c1ccc(NCC[C@@H]2CCCN2)c2ncccc12. The molecule has 3 rings (SSSR count). The number of aromatic nitrogens is 1. The minimum Gasteiger partial charge on any atom is -0.383 e. The first kappa shape index (κ1) is 13.8. The van der Waals surface area contributed by atoms with E-state index in [0.717, 1.165) is 25.2 Å². The Morgan fingerprint density at radius 1 is 1.43 bits per heavy atom. The lowest BCUT2D eigenvalue weighted by Gasteiger charge is -2.12. The van der Waals surface area contributed by atoms with Crippen molar-refractivity contribution in [2.75, 3.05) is 18.4 Å². The smallest absolute Gasteiger partial charge is 0.278 e. The highest BCUT2D eigenvalue weighted by Crippen LogP contribution is 2.29. The van der Waals surface area contributed by atoms with Crippen molar-refractivity contribution in [2.45, 2.75) is 25.3 Å². The Hall–Kier alpha value is -2.21. The molecule has 1 aromatic carbocycles. The second kappa shape index (κ2) is 6.05. The molecule has 0 saturated carbocycles. The first-order valence-corrected chi connectivity index (χ1v) is 7.25. The van der Waals surface area contributed by atoms with Crippen LogP contribution in [0.3, 0.4) is 0 Å². The van der Waals surface area contributed by atoms with Gasteiger partial charge in [-0.15, -0.1) is 0 Å². The summed E-state index contributed by atoms with van der Waals surface area (Å²) >= 11 is 0. The van der Waals surface area contributed by atoms with Crippen molar-refractivity contribution in [3.8, 4) is 0 Å². The van der Waals surface area contributed by atoms with E-state index in [4.69, 9.17) is 0 Å². The van der Waals surface area contributed by atoms with E-state index in [0.29, 0.717) is 16.9 Å². The van der Waals surface area contributed by atoms with Crippen molar-refractivity contribution >= 4 is 22.3 Å². The number of nitro benzene ring substituents is 1. The number of benzene rings is 1. The lowest BCUT2D eigenvalue weighted by atomic mass is 10.1. The Kier molecular flexibility index (Phi) is 3.96. The van der Waals surface area contributed by atoms with Crippen LogP contribution in [0.2, 0.25) is 0 Å². The fraction of sp³-hybridized carbons (Fsp3) is 0.400. The van der Waals surface area contributed by atoms with E-state index in [9.17, 15) is 10.1 Å². The van der Waals surface area contributed by atoms with Gasteiger partial charge in [-0.25, -0.2) is 0 Å². The predicted molar refractivity (Wildman–Crippen MR) is 82.5 cm³/mol. The molecule has 0 spiro atoms. The zero-order valence-corrected chi connectivity index (χ0v) is 11.7. The van der Waals surface area contributed by atoms with Crippen LogP contribution in [-0.4, -0.2) is 29.0 Å². The Bertz CT molecular complexity index is 653. The van der Waals surface area contributed by atoms with Gasteiger partial charge in [0.1, 0.15) is 5.52 Å². The van der Waals surface area contributed by atoms with Crippen LogP contribution in [0.25, 0.3) is 10.9 Å². The molecule has 2 aromatic rings. The largest absolute Gasteiger partial charge is 0.383 e. The molecule has 1 aromatic heterocycles. The fourth-order valence-electron chi connectivity index (χ4n) is 2.84. The normalized spacial score (nSPS) is 18.0. The highest BCUT2D eigenvalue weighted by Gasteiger charge is 2.16. The molecule has 0 radical (unpaired) electrons. The summed E-state index contributed by atoms with van der Waals surface area (Å²) in [6.45, 7) is 1.94. The second-order valence-electron chi connectivity index (χ2n) is 5.30. The zero-order valence-electron chi connectivity index (χ0n) is 11.7. The van der Waals surface area contributed by atoms with Gasteiger partial charge in [0.25, 0.3) is 5.69 Å². The van der Waals surface area contributed by atoms with Crippen molar-refractivity contribution in [1.82, 2.24) is 10.3 Å². The van der Waals surface area contributed by atoms with Crippen LogP contribution in [0.4, 0.5) is 11.4 Å². The van der Waals surface area contributed by atoms with Gasteiger partial charge in [0.05, 0.1) is 16.0 Å². The number of fused-ring (bicyclic) bond motifs is 1. The lowest BCUT2D eigenvalue weighted by Crippen LogP contribution is -2.24. The second-order valence-corrected chi connectivity index (χ2v) is 5.30. The molecule has 2 N–H and O–H groups in total. The molecule has 1 fully saturated rings. The van der Waals surface area contributed by atoms with Crippen LogP contribution >= 0.6 is 0 Å². The fourth-order valence-corrected chi connectivity index (χ4v) is 2.84. The monoisotopic (exact) mass is 286 g/mol. The third-order valence-corrected chi connectivity index (χ3v) is 3.91. The number of nitrogens with zero attached hydrogens (tertiary/aromatic N) is 2. The summed E-state index contributed by atoms with van der Waals surface area (Å²) in [7, 11) is 0. The Morgan fingerprint density at radius 3 is 3.10 bits per heavy atom. The van der Waals surface area contributed by atoms with Gasteiger partial charge < -0.3 is 10.6 Å². The maximum Gasteiger partial charge on any atom is 0.278 e. The lowest BCUT2D eigenvalue weighted by molar-refractivity contribution is -0.383. The first-order valence-electron chi connectivity index (χ1n) is 7.25. The molecular formula is C15H18N4O2. The number of anilines is 1. The molecule has 0 amide bonds. The van der Waals surface area contributed by atoms with Gasteiger partial charge in [-0.2, -0.15) is 0 Å².